The minimum absolute atomic E-state index is 0.213. The number of esters is 1. The first-order chi connectivity index (χ1) is 15.6. The minimum atomic E-state index is -0.654. The molecule has 0 aliphatic carbocycles. The quantitative estimate of drug-likeness (QED) is 0.428. The van der Waals surface area contributed by atoms with E-state index in [1.165, 1.54) is 6.26 Å². The second-order valence-corrected chi connectivity index (χ2v) is 6.84. The molecule has 0 atom stereocenters. The number of furan rings is 1. The topological polar surface area (TPSA) is 95.6 Å². The third-order valence-corrected chi connectivity index (χ3v) is 4.67. The van der Waals surface area contributed by atoms with Gasteiger partial charge in [0.05, 0.1) is 25.6 Å². The van der Waals surface area contributed by atoms with Crippen molar-refractivity contribution in [1.29, 1.82) is 0 Å². The first kappa shape index (κ1) is 20.9. The molecule has 0 aliphatic rings. The maximum atomic E-state index is 12.9. The molecule has 2 aromatic carbocycles. The fraction of sp³-hybridized carbons (Fsp3) is 0.125. The van der Waals surface area contributed by atoms with E-state index in [2.05, 4.69) is 10.4 Å². The Morgan fingerprint density at radius 2 is 1.91 bits per heavy atom. The molecule has 2 aromatic heterocycles. The minimum Gasteiger partial charge on any atom is -0.497 e. The molecule has 4 rings (SSSR count). The van der Waals surface area contributed by atoms with Gasteiger partial charge in [-0.25, -0.2) is 9.48 Å². The van der Waals surface area contributed by atoms with Gasteiger partial charge in [0, 0.05) is 11.8 Å². The number of ether oxygens (including phenoxy) is 2. The van der Waals surface area contributed by atoms with Gasteiger partial charge >= 0.3 is 5.97 Å². The zero-order valence-electron chi connectivity index (χ0n) is 17.4. The van der Waals surface area contributed by atoms with E-state index in [-0.39, 0.29) is 12.1 Å². The van der Waals surface area contributed by atoms with Crippen molar-refractivity contribution in [2.45, 2.75) is 6.54 Å². The molecule has 1 amide bonds. The number of aromatic nitrogens is 2. The highest BCUT2D eigenvalue weighted by Crippen LogP contribution is 2.27. The predicted octanol–water partition coefficient (Wildman–Crippen LogP) is 3.61. The van der Waals surface area contributed by atoms with E-state index in [4.69, 9.17) is 13.9 Å². The second-order valence-electron chi connectivity index (χ2n) is 6.84. The summed E-state index contributed by atoms with van der Waals surface area (Å²) in [7, 11) is 1.57. The van der Waals surface area contributed by atoms with Gasteiger partial charge in [-0.3, -0.25) is 4.79 Å². The van der Waals surface area contributed by atoms with Crippen LogP contribution >= 0.6 is 0 Å². The van der Waals surface area contributed by atoms with Crippen molar-refractivity contribution in [3.63, 3.8) is 0 Å². The fourth-order valence-corrected chi connectivity index (χ4v) is 3.08. The maximum absolute atomic E-state index is 12.9. The largest absolute Gasteiger partial charge is 0.497 e. The number of benzene rings is 2. The second kappa shape index (κ2) is 9.65. The normalized spacial score (nSPS) is 10.5. The summed E-state index contributed by atoms with van der Waals surface area (Å²) >= 11 is 0. The number of nitrogens with one attached hydrogen (secondary N) is 1. The van der Waals surface area contributed by atoms with Crippen molar-refractivity contribution in [3.05, 3.63) is 90.5 Å². The smallest absolute Gasteiger partial charge is 0.342 e. The van der Waals surface area contributed by atoms with Gasteiger partial charge in [-0.15, -0.1) is 0 Å². The monoisotopic (exact) mass is 431 g/mol. The zero-order valence-corrected chi connectivity index (χ0v) is 17.4. The number of rotatable bonds is 8. The Morgan fingerprint density at radius 3 is 2.66 bits per heavy atom. The molecule has 0 radical (unpaired) electrons. The number of amides is 1. The van der Waals surface area contributed by atoms with Crippen LogP contribution in [0, 0.1) is 0 Å². The Morgan fingerprint density at radius 1 is 1.06 bits per heavy atom. The molecule has 0 unspecified atom stereocenters. The van der Waals surface area contributed by atoms with Crippen LogP contribution in [0.2, 0.25) is 0 Å². The van der Waals surface area contributed by atoms with Crippen LogP contribution < -0.4 is 10.1 Å². The van der Waals surface area contributed by atoms with Crippen LogP contribution in [0.1, 0.15) is 16.1 Å². The van der Waals surface area contributed by atoms with Crippen LogP contribution in [-0.4, -0.2) is 35.4 Å². The molecule has 162 valence electrons. The third kappa shape index (κ3) is 4.86. The first-order valence-electron chi connectivity index (χ1n) is 9.90. The van der Waals surface area contributed by atoms with Crippen LogP contribution in [0.15, 0.2) is 83.6 Å². The molecule has 0 spiro atoms. The lowest BCUT2D eigenvalue weighted by atomic mass is 10.1. The van der Waals surface area contributed by atoms with Gasteiger partial charge in [-0.05, 0) is 36.4 Å². The fourth-order valence-electron chi connectivity index (χ4n) is 3.08. The van der Waals surface area contributed by atoms with E-state index in [0.717, 1.165) is 5.69 Å². The number of hydrogen-bond acceptors (Lipinski definition) is 6. The number of carbonyl (C=O) groups is 2. The van der Waals surface area contributed by atoms with Gasteiger partial charge in [0.1, 0.15) is 22.8 Å². The summed E-state index contributed by atoms with van der Waals surface area (Å²) in [5, 5.41) is 7.23. The Hall–Kier alpha value is -4.33. The van der Waals surface area contributed by atoms with E-state index in [0.29, 0.717) is 22.8 Å². The molecule has 32 heavy (non-hydrogen) atoms. The Kier molecular flexibility index (Phi) is 6.31. The molecule has 1 N–H and O–H groups in total. The number of para-hydroxylation sites is 1. The van der Waals surface area contributed by atoms with Crippen LogP contribution in [0.3, 0.4) is 0 Å². The molecule has 0 aliphatic heterocycles. The molecule has 2 heterocycles. The summed E-state index contributed by atoms with van der Waals surface area (Å²) in [6.45, 7) is -0.210. The average molecular weight is 431 g/mol. The average Bonchev–Trinajstić information content (AvgIpc) is 3.52. The molecule has 4 aromatic rings. The standard InChI is InChI=1S/C24H21N3O5/c1-30-19-10-5-7-17(13-19)23-21(15-27(26-23)18-8-3-2-4-9-18)24(29)32-16-22(28)25-14-20-11-6-12-31-20/h2-13,15H,14,16H2,1H3,(H,25,28). The maximum Gasteiger partial charge on any atom is 0.342 e. The lowest BCUT2D eigenvalue weighted by Crippen LogP contribution is -2.28. The SMILES string of the molecule is COc1cccc(-c2nn(-c3ccccc3)cc2C(=O)OCC(=O)NCc2ccco2)c1. The first-order valence-corrected chi connectivity index (χ1v) is 9.90. The predicted molar refractivity (Wildman–Crippen MR) is 116 cm³/mol. The van der Waals surface area contributed by atoms with Crippen LogP contribution in [-0.2, 0) is 16.1 Å². The van der Waals surface area contributed by atoms with E-state index in [1.54, 1.807) is 42.3 Å². The number of nitrogens with zero attached hydrogens (tertiary/aromatic N) is 2. The summed E-state index contributed by atoms with van der Waals surface area (Å²) in [5.41, 5.74) is 2.13. The molecular formula is C24H21N3O5. The Balaban J connectivity index is 1.54. The zero-order chi connectivity index (χ0) is 22.3. The lowest BCUT2D eigenvalue weighted by molar-refractivity contribution is -0.124. The lowest BCUT2D eigenvalue weighted by Gasteiger charge is -2.06. The van der Waals surface area contributed by atoms with Gasteiger partial charge in [-0.1, -0.05) is 30.3 Å². The molecule has 0 fully saturated rings. The van der Waals surface area contributed by atoms with Crippen molar-refractivity contribution < 1.29 is 23.5 Å². The van der Waals surface area contributed by atoms with Gasteiger partial charge in [0.15, 0.2) is 6.61 Å². The van der Waals surface area contributed by atoms with Crippen molar-refractivity contribution in [3.8, 4) is 22.7 Å². The van der Waals surface area contributed by atoms with Crippen molar-refractivity contribution in [2.24, 2.45) is 0 Å². The molecule has 0 saturated carbocycles. The van der Waals surface area contributed by atoms with E-state index < -0.39 is 18.5 Å². The summed E-state index contributed by atoms with van der Waals surface area (Å²) in [6.07, 6.45) is 3.11. The molecule has 8 nitrogen and oxygen atoms in total. The van der Waals surface area contributed by atoms with Crippen molar-refractivity contribution >= 4 is 11.9 Å². The van der Waals surface area contributed by atoms with E-state index in [9.17, 15) is 9.59 Å². The Bertz CT molecular complexity index is 1200. The highest BCUT2D eigenvalue weighted by Gasteiger charge is 2.21. The highest BCUT2D eigenvalue weighted by molar-refractivity contribution is 5.97. The van der Waals surface area contributed by atoms with Crippen LogP contribution in [0.4, 0.5) is 0 Å². The van der Waals surface area contributed by atoms with Crippen molar-refractivity contribution in [1.82, 2.24) is 15.1 Å². The molecular weight excluding hydrogens is 410 g/mol. The number of methoxy groups -OCH3 is 1. The number of carbonyl (C=O) groups excluding carboxylic acids is 2. The summed E-state index contributed by atoms with van der Waals surface area (Å²) in [4.78, 5) is 24.9. The van der Waals surface area contributed by atoms with Crippen molar-refractivity contribution in [2.75, 3.05) is 13.7 Å². The van der Waals surface area contributed by atoms with Crippen LogP contribution in [0.5, 0.6) is 5.75 Å². The molecule has 0 saturated heterocycles. The van der Waals surface area contributed by atoms with E-state index in [1.807, 2.05) is 42.5 Å². The van der Waals surface area contributed by atoms with Gasteiger partial charge in [-0.2, -0.15) is 5.10 Å². The summed E-state index contributed by atoms with van der Waals surface area (Å²) in [5.74, 6) is 0.147. The summed E-state index contributed by atoms with van der Waals surface area (Å²) in [6, 6.07) is 20.1. The van der Waals surface area contributed by atoms with Gasteiger partial charge in [0.25, 0.3) is 5.91 Å². The van der Waals surface area contributed by atoms with Gasteiger partial charge in [0.2, 0.25) is 0 Å². The van der Waals surface area contributed by atoms with Gasteiger partial charge < -0.3 is 19.2 Å². The van der Waals surface area contributed by atoms with Crippen LogP contribution in [0.25, 0.3) is 16.9 Å². The third-order valence-electron chi connectivity index (χ3n) is 4.67. The Labute approximate surface area is 184 Å². The van der Waals surface area contributed by atoms with E-state index >= 15 is 0 Å². The summed E-state index contributed by atoms with van der Waals surface area (Å²) < 4.78 is 17.3. The molecule has 0 bridgehead atoms. The highest BCUT2D eigenvalue weighted by atomic mass is 16.5. The molecule has 8 heteroatoms. The number of hydrogen-bond donors (Lipinski definition) is 1.